The van der Waals surface area contributed by atoms with Gasteiger partial charge in [-0.1, -0.05) is 12.1 Å². The molecule has 1 aliphatic heterocycles. The maximum atomic E-state index is 13.2. The molecule has 1 saturated heterocycles. The Bertz CT molecular complexity index is 935. The van der Waals surface area contributed by atoms with E-state index in [0.29, 0.717) is 17.5 Å². The molecule has 0 aliphatic carbocycles. The van der Waals surface area contributed by atoms with Gasteiger partial charge in [-0.3, -0.25) is 4.79 Å². The second kappa shape index (κ2) is 5.97. The molecule has 1 fully saturated rings. The third-order valence-electron chi connectivity index (χ3n) is 4.52. The molecule has 128 valence electrons. The molecule has 0 radical (unpaired) electrons. The van der Waals surface area contributed by atoms with Gasteiger partial charge < -0.3 is 14.4 Å². The van der Waals surface area contributed by atoms with Gasteiger partial charge >= 0.3 is 0 Å². The average molecular weight is 340 g/mol. The number of halogens is 1. The quantitative estimate of drug-likeness (QED) is 0.778. The highest BCUT2D eigenvalue weighted by Gasteiger charge is 2.37. The van der Waals surface area contributed by atoms with E-state index in [1.54, 1.807) is 29.2 Å². The highest BCUT2D eigenvalue weighted by Crippen LogP contribution is 2.34. The second-order valence-electron chi connectivity index (χ2n) is 6.36. The normalized spacial score (nSPS) is 20.4. The molecule has 0 saturated carbocycles. The van der Waals surface area contributed by atoms with E-state index in [-0.39, 0.29) is 30.1 Å². The minimum Gasteiger partial charge on any atom is -0.449 e. The fourth-order valence-corrected chi connectivity index (χ4v) is 3.31. The van der Waals surface area contributed by atoms with Crippen LogP contribution in [0.4, 0.5) is 4.39 Å². The number of rotatable bonds is 2. The van der Waals surface area contributed by atoms with Crippen molar-refractivity contribution in [1.29, 1.82) is 0 Å². The molecule has 1 aliphatic rings. The first-order valence-electron chi connectivity index (χ1n) is 8.13. The van der Waals surface area contributed by atoms with Crippen LogP contribution in [0, 0.1) is 12.7 Å². The van der Waals surface area contributed by atoms with Crippen molar-refractivity contribution in [3.63, 3.8) is 0 Å². The summed E-state index contributed by atoms with van der Waals surface area (Å²) in [4.78, 5) is 18.8. The molecule has 3 aromatic rings. The number of aliphatic hydroxyl groups excluding tert-OH is 1. The monoisotopic (exact) mass is 340 g/mol. The first kappa shape index (κ1) is 15.8. The van der Waals surface area contributed by atoms with Crippen LogP contribution < -0.4 is 0 Å². The van der Waals surface area contributed by atoms with E-state index in [2.05, 4.69) is 4.98 Å². The maximum absolute atomic E-state index is 13.2. The number of β-amino-alcohol motifs (C(OH)–C–C–N with tert-alkyl or cyclic N) is 1. The first-order valence-corrected chi connectivity index (χ1v) is 8.13. The number of aryl methyl sites for hydroxylation is 1. The zero-order valence-electron chi connectivity index (χ0n) is 13.6. The van der Waals surface area contributed by atoms with Crippen LogP contribution in [0.3, 0.4) is 0 Å². The first-order chi connectivity index (χ1) is 12.0. The Labute approximate surface area is 143 Å². The standard InChI is InChI=1S/C19H17FN2O3/c1-11-2-7-17-15(21-11)9-18(25-17)19(24)22-10-14(23)8-16(22)12-3-5-13(20)6-4-12/h2-7,9,14,16,23H,8,10H2,1H3/t14-,16+/m1/s1. The molecule has 2 atom stereocenters. The molecule has 0 unspecified atom stereocenters. The Morgan fingerprint density at radius 1 is 1.28 bits per heavy atom. The molecule has 5 nitrogen and oxygen atoms in total. The molecule has 6 heteroatoms. The summed E-state index contributed by atoms with van der Waals surface area (Å²) in [6, 6.07) is 10.9. The number of amides is 1. The Morgan fingerprint density at radius 2 is 2.04 bits per heavy atom. The number of carbonyl (C=O) groups excluding carboxylic acids is 1. The van der Waals surface area contributed by atoms with E-state index in [9.17, 15) is 14.3 Å². The average Bonchev–Trinajstić information content (AvgIpc) is 3.18. The molecule has 2 aromatic heterocycles. The molecule has 3 heterocycles. The molecule has 1 aromatic carbocycles. The molecular formula is C19H17FN2O3. The minimum atomic E-state index is -0.622. The van der Waals surface area contributed by atoms with E-state index in [1.807, 2.05) is 13.0 Å². The zero-order valence-corrected chi connectivity index (χ0v) is 13.6. The van der Waals surface area contributed by atoms with Crippen molar-refractivity contribution in [3.05, 3.63) is 65.3 Å². The van der Waals surface area contributed by atoms with Gasteiger partial charge in [0.25, 0.3) is 5.91 Å². The Morgan fingerprint density at radius 3 is 2.80 bits per heavy atom. The lowest BCUT2D eigenvalue weighted by molar-refractivity contribution is 0.0686. The summed E-state index contributed by atoms with van der Waals surface area (Å²) in [5.41, 5.74) is 2.80. The molecule has 0 bridgehead atoms. The lowest BCUT2D eigenvalue weighted by atomic mass is 10.0. The topological polar surface area (TPSA) is 66.6 Å². The lowest BCUT2D eigenvalue weighted by Crippen LogP contribution is -2.31. The van der Waals surface area contributed by atoms with E-state index in [0.717, 1.165) is 11.3 Å². The van der Waals surface area contributed by atoms with Crippen molar-refractivity contribution >= 4 is 17.0 Å². The van der Waals surface area contributed by atoms with Crippen molar-refractivity contribution < 1.29 is 18.7 Å². The second-order valence-corrected chi connectivity index (χ2v) is 6.36. The third-order valence-corrected chi connectivity index (χ3v) is 4.52. The summed E-state index contributed by atoms with van der Waals surface area (Å²) in [5, 5.41) is 10.0. The van der Waals surface area contributed by atoms with Crippen molar-refractivity contribution in [1.82, 2.24) is 9.88 Å². The summed E-state index contributed by atoms with van der Waals surface area (Å²) in [6.07, 6.45) is -0.210. The molecule has 0 spiro atoms. The summed E-state index contributed by atoms with van der Waals surface area (Å²) in [5.74, 6) is -0.449. The van der Waals surface area contributed by atoms with E-state index < -0.39 is 6.10 Å². The number of furan rings is 1. The third kappa shape index (κ3) is 2.89. The summed E-state index contributed by atoms with van der Waals surface area (Å²) in [7, 11) is 0. The number of aromatic nitrogens is 1. The van der Waals surface area contributed by atoms with Gasteiger partial charge in [-0.25, -0.2) is 9.37 Å². The van der Waals surface area contributed by atoms with Gasteiger partial charge in [0.2, 0.25) is 0 Å². The number of pyridine rings is 1. The van der Waals surface area contributed by atoms with Crippen LogP contribution in [0.5, 0.6) is 0 Å². The van der Waals surface area contributed by atoms with Crippen molar-refractivity contribution in [2.24, 2.45) is 0 Å². The van der Waals surface area contributed by atoms with E-state index in [1.165, 1.54) is 12.1 Å². The Kier molecular flexibility index (Phi) is 3.77. The highest BCUT2D eigenvalue weighted by atomic mass is 19.1. The zero-order chi connectivity index (χ0) is 17.6. The minimum absolute atomic E-state index is 0.189. The van der Waals surface area contributed by atoms with Crippen molar-refractivity contribution in [2.75, 3.05) is 6.54 Å². The van der Waals surface area contributed by atoms with Gasteiger partial charge in [-0.2, -0.15) is 0 Å². The van der Waals surface area contributed by atoms with E-state index in [4.69, 9.17) is 4.42 Å². The molecule has 4 rings (SSSR count). The maximum Gasteiger partial charge on any atom is 0.290 e. The fraction of sp³-hybridized carbons (Fsp3) is 0.263. The summed E-state index contributed by atoms with van der Waals surface area (Å²) in [6.45, 7) is 2.08. The number of aliphatic hydroxyl groups is 1. The predicted octanol–water partition coefficient (Wildman–Crippen LogP) is 3.22. The molecule has 1 N–H and O–H groups in total. The lowest BCUT2D eigenvalue weighted by Gasteiger charge is -2.23. The van der Waals surface area contributed by atoms with Gasteiger partial charge in [-0.05, 0) is 43.2 Å². The molecular weight excluding hydrogens is 323 g/mol. The van der Waals surface area contributed by atoms with Crippen LogP contribution in [-0.2, 0) is 0 Å². The number of fused-ring (bicyclic) bond motifs is 1. The van der Waals surface area contributed by atoms with Crippen LogP contribution in [-0.4, -0.2) is 33.5 Å². The molecule has 1 amide bonds. The van der Waals surface area contributed by atoms with Crippen LogP contribution >= 0.6 is 0 Å². The number of nitrogens with zero attached hydrogens (tertiary/aromatic N) is 2. The van der Waals surface area contributed by atoms with Crippen LogP contribution in [0.2, 0.25) is 0 Å². The van der Waals surface area contributed by atoms with Gasteiger partial charge in [0.15, 0.2) is 11.3 Å². The number of hydrogen-bond acceptors (Lipinski definition) is 4. The number of hydrogen-bond donors (Lipinski definition) is 1. The van der Waals surface area contributed by atoms with Crippen molar-refractivity contribution in [2.45, 2.75) is 25.5 Å². The SMILES string of the molecule is Cc1ccc2oc(C(=O)N3C[C@H](O)C[C@H]3c3ccc(F)cc3)cc2n1. The Balaban J connectivity index is 1.67. The molecule has 25 heavy (non-hydrogen) atoms. The van der Waals surface area contributed by atoms with Crippen LogP contribution in [0.15, 0.2) is 46.9 Å². The fourth-order valence-electron chi connectivity index (χ4n) is 3.31. The van der Waals surface area contributed by atoms with Crippen LogP contribution in [0.1, 0.15) is 34.3 Å². The largest absolute Gasteiger partial charge is 0.449 e. The van der Waals surface area contributed by atoms with Crippen molar-refractivity contribution in [3.8, 4) is 0 Å². The summed E-state index contributed by atoms with van der Waals surface area (Å²) >= 11 is 0. The Hall–Kier alpha value is -2.73. The van der Waals surface area contributed by atoms with Gasteiger partial charge in [-0.15, -0.1) is 0 Å². The smallest absolute Gasteiger partial charge is 0.290 e. The number of carbonyl (C=O) groups is 1. The van der Waals surface area contributed by atoms with Gasteiger partial charge in [0.1, 0.15) is 11.3 Å². The summed E-state index contributed by atoms with van der Waals surface area (Å²) < 4.78 is 18.8. The number of likely N-dealkylation sites (tertiary alicyclic amines) is 1. The number of benzene rings is 1. The van der Waals surface area contributed by atoms with E-state index >= 15 is 0 Å². The van der Waals surface area contributed by atoms with Crippen LogP contribution in [0.25, 0.3) is 11.1 Å². The highest BCUT2D eigenvalue weighted by molar-refractivity contribution is 5.95. The van der Waals surface area contributed by atoms with Gasteiger partial charge in [0.05, 0.1) is 12.1 Å². The predicted molar refractivity (Wildman–Crippen MR) is 89.5 cm³/mol. The van der Waals surface area contributed by atoms with Gasteiger partial charge in [0, 0.05) is 18.3 Å².